The number of carbonyl (C=O) groups excluding carboxylic acids is 1. The fraction of sp³-hybridized carbons (Fsp3) is 0.500. The molecule has 19 heavy (non-hydrogen) atoms. The van der Waals surface area contributed by atoms with Crippen molar-refractivity contribution in [2.45, 2.75) is 18.9 Å². The first-order chi connectivity index (χ1) is 9.29. The maximum absolute atomic E-state index is 11.5. The molecule has 0 spiro atoms. The van der Waals surface area contributed by atoms with E-state index in [2.05, 4.69) is 10.6 Å². The van der Waals surface area contributed by atoms with Gasteiger partial charge in [-0.05, 0) is 37.1 Å². The number of piperidine rings is 1. The van der Waals surface area contributed by atoms with Crippen LogP contribution in [0.5, 0.6) is 11.5 Å². The highest BCUT2D eigenvalue weighted by atomic mass is 16.5. The van der Waals surface area contributed by atoms with Crippen LogP contribution in [0.2, 0.25) is 0 Å². The molecule has 1 aromatic carbocycles. The summed E-state index contributed by atoms with van der Waals surface area (Å²) in [5.41, 5.74) is 0. The zero-order valence-corrected chi connectivity index (χ0v) is 11.1. The average Bonchev–Trinajstić information content (AvgIpc) is 2.46. The lowest BCUT2D eigenvalue weighted by Gasteiger charge is -2.22. The number of nitrogens with one attached hydrogen (secondary N) is 2. The van der Waals surface area contributed by atoms with Gasteiger partial charge in [0, 0.05) is 13.1 Å². The highest BCUT2D eigenvalue weighted by Gasteiger charge is 2.20. The van der Waals surface area contributed by atoms with Gasteiger partial charge in [0.2, 0.25) is 5.91 Å². The Morgan fingerprint density at radius 2 is 2.05 bits per heavy atom. The van der Waals surface area contributed by atoms with Crippen LogP contribution in [0.25, 0.3) is 0 Å². The lowest BCUT2D eigenvalue weighted by molar-refractivity contribution is -0.124. The summed E-state index contributed by atoms with van der Waals surface area (Å²) in [7, 11) is 1.63. The lowest BCUT2D eigenvalue weighted by Crippen LogP contribution is -2.49. The molecule has 0 radical (unpaired) electrons. The smallest absolute Gasteiger partial charge is 0.237 e. The lowest BCUT2D eigenvalue weighted by atomic mass is 10.1. The third kappa shape index (κ3) is 4.13. The van der Waals surface area contributed by atoms with E-state index in [9.17, 15) is 4.79 Å². The highest BCUT2D eigenvalue weighted by Crippen LogP contribution is 2.16. The monoisotopic (exact) mass is 264 g/mol. The first-order valence-corrected chi connectivity index (χ1v) is 6.57. The summed E-state index contributed by atoms with van der Waals surface area (Å²) in [6.45, 7) is 1.99. The summed E-state index contributed by atoms with van der Waals surface area (Å²) in [6.07, 6.45) is 1.93. The minimum absolute atomic E-state index is 0.0757. The van der Waals surface area contributed by atoms with Crippen molar-refractivity contribution >= 4 is 5.91 Å². The van der Waals surface area contributed by atoms with Crippen molar-refractivity contribution in [2.24, 2.45) is 0 Å². The molecule has 1 aliphatic heterocycles. The number of hydrogen-bond acceptors (Lipinski definition) is 4. The molecular formula is C14H20N2O3. The Kier molecular flexibility index (Phi) is 5.03. The molecule has 2 rings (SSSR count). The molecule has 1 aliphatic rings. The highest BCUT2D eigenvalue weighted by molar-refractivity contribution is 5.82. The van der Waals surface area contributed by atoms with Crippen molar-refractivity contribution in [3.63, 3.8) is 0 Å². The van der Waals surface area contributed by atoms with Crippen molar-refractivity contribution in [2.75, 3.05) is 26.8 Å². The van der Waals surface area contributed by atoms with Crippen LogP contribution in [0.3, 0.4) is 0 Å². The minimum Gasteiger partial charge on any atom is -0.497 e. The van der Waals surface area contributed by atoms with Gasteiger partial charge in [0.15, 0.2) is 0 Å². The van der Waals surface area contributed by atoms with Crippen LogP contribution in [-0.4, -0.2) is 38.8 Å². The van der Waals surface area contributed by atoms with Crippen molar-refractivity contribution in [1.29, 1.82) is 0 Å². The minimum atomic E-state index is -0.0757. The molecular weight excluding hydrogens is 244 g/mol. The molecule has 1 saturated heterocycles. The van der Waals surface area contributed by atoms with Gasteiger partial charge in [-0.15, -0.1) is 0 Å². The van der Waals surface area contributed by atoms with Gasteiger partial charge in [0.05, 0.1) is 13.2 Å². The van der Waals surface area contributed by atoms with Crippen molar-refractivity contribution in [1.82, 2.24) is 10.6 Å². The molecule has 0 aromatic heterocycles. The first-order valence-electron chi connectivity index (χ1n) is 6.57. The number of amides is 1. The largest absolute Gasteiger partial charge is 0.497 e. The van der Waals surface area contributed by atoms with Gasteiger partial charge in [0.1, 0.15) is 18.1 Å². The van der Waals surface area contributed by atoms with E-state index in [1.54, 1.807) is 7.11 Å². The predicted octanol–water partition coefficient (Wildman–Crippen LogP) is 0.942. The summed E-state index contributed by atoms with van der Waals surface area (Å²) < 4.78 is 10.7. The zero-order valence-electron chi connectivity index (χ0n) is 11.1. The molecule has 1 unspecified atom stereocenters. The van der Waals surface area contributed by atoms with Crippen molar-refractivity contribution in [3.8, 4) is 11.5 Å². The Balaban J connectivity index is 1.67. The Morgan fingerprint density at radius 3 is 2.74 bits per heavy atom. The van der Waals surface area contributed by atoms with Crippen LogP contribution in [0, 0.1) is 0 Å². The second-order valence-electron chi connectivity index (χ2n) is 4.46. The summed E-state index contributed by atoms with van der Waals surface area (Å²) in [5.74, 6) is 1.70. The van der Waals surface area contributed by atoms with Gasteiger partial charge in [-0.25, -0.2) is 0 Å². The molecule has 0 bridgehead atoms. The topological polar surface area (TPSA) is 59.6 Å². The molecule has 5 nitrogen and oxygen atoms in total. The quantitative estimate of drug-likeness (QED) is 0.751. The van der Waals surface area contributed by atoms with Crippen LogP contribution in [0.1, 0.15) is 12.8 Å². The molecule has 2 N–H and O–H groups in total. The summed E-state index contributed by atoms with van der Waals surface area (Å²) in [5, 5.41) is 6.05. The molecule has 1 aromatic rings. The van der Waals surface area contributed by atoms with Gasteiger partial charge in [-0.1, -0.05) is 0 Å². The van der Waals surface area contributed by atoms with E-state index in [-0.39, 0.29) is 11.9 Å². The van der Waals surface area contributed by atoms with Crippen LogP contribution in [0.4, 0.5) is 0 Å². The third-order valence-corrected chi connectivity index (χ3v) is 3.11. The normalized spacial score (nSPS) is 18.8. The second kappa shape index (κ2) is 6.99. The maximum Gasteiger partial charge on any atom is 0.237 e. The van der Waals surface area contributed by atoms with Crippen molar-refractivity contribution in [3.05, 3.63) is 24.3 Å². The fourth-order valence-corrected chi connectivity index (χ4v) is 2.04. The summed E-state index contributed by atoms with van der Waals surface area (Å²) in [4.78, 5) is 11.5. The summed E-state index contributed by atoms with van der Waals surface area (Å²) >= 11 is 0. The molecule has 0 saturated carbocycles. The maximum atomic E-state index is 11.5. The molecule has 1 heterocycles. The number of methoxy groups -OCH3 is 1. The number of ether oxygens (including phenoxy) is 2. The number of hydrogen-bond donors (Lipinski definition) is 2. The summed E-state index contributed by atoms with van der Waals surface area (Å²) in [6, 6.07) is 7.38. The van der Waals surface area contributed by atoms with E-state index < -0.39 is 0 Å². The van der Waals surface area contributed by atoms with Gasteiger partial charge in [-0.3, -0.25) is 4.79 Å². The molecule has 5 heteroatoms. The van der Waals surface area contributed by atoms with E-state index in [0.29, 0.717) is 13.2 Å². The van der Waals surface area contributed by atoms with Gasteiger partial charge >= 0.3 is 0 Å². The Labute approximate surface area is 113 Å². The molecule has 1 amide bonds. The van der Waals surface area contributed by atoms with Crippen LogP contribution in [0.15, 0.2) is 24.3 Å². The Hall–Kier alpha value is -1.75. The standard InChI is InChI=1S/C14H20N2O3/c1-18-11-4-6-12(7-5-11)19-10-9-15-13-3-2-8-16-14(13)17/h4-7,13,15H,2-3,8-10H2,1H3,(H,16,17). The second-order valence-corrected chi connectivity index (χ2v) is 4.46. The van der Waals surface area contributed by atoms with Crippen LogP contribution in [-0.2, 0) is 4.79 Å². The van der Waals surface area contributed by atoms with E-state index in [0.717, 1.165) is 30.9 Å². The number of benzene rings is 1. The predicted molar refractivity (Wildman–Crippen MR) is 72.5 cm³/mol. The van der Waals surface area contributed by atoms with Gasteiger partial charge < -0.3 is 20.1 Å². The van der Waals surface area contributed by atoms with E-state index >= 15 is 0 Å². The zero-order chi connectivity index (χ0) is 13.5. The van der Waals surface area contributed by atoms with Gasteiger partial charge in [0.25, 0.3) is 0 Å². The number of rotatable bonds is 6. The van der Waals surface area contributed by atoms with Crippen LogP contribution < -0.4 is 20.1 Å². The van der Waals surface area contributed by atoms with E-state index in [1.807, 2.05) is 24.3 Å². The molecule has 1 fully saturated rings. The average molecular weight is 264 g/mol. The molecule has 1 atom stereocenters. The first kappa shape index (κ1) is 13.7. The van der Waals surface area contributed by atoms with E-state index in [4.69, 9.17) is 9.47 Å². The third-order valence-electron chi connectivity index (χ3n) is 3.11. The fourth-order valence-electron chi connectivity index (χ4n) is 2.04. The Morgan fingerprint density at radius 1 is 1.32 bits per heavy atom. The SMILES string of the molecule is COc1ccc(OCCNC2CCCNC2=O)cc1. The molecule has 104 valence electrons. The van der Waals surface area contributed by atoms with E-state index in [1.165, 1.54) is 0 Å². The Bertz CT molecular complexity index is 406. The van der Waals surface area contributed by atoms with Crippen molar-refractivity contribution < 1.29 is 14.3 Å². The van der Waals surface area contributed by atoms with Crippen LogP contribution >= 0.6 is 0 Å². The molecule has 0 aliphatic carbocycles. The number of carbonyl (C=O) groups is 1. The van der Waals surface area contributed by atoms with Gasteiger partial charge in [-0.2, -0.15) is 0 Å².